The number of nitrogens with two attached hydrogens (primary N) is 1. The van der Waals surface area contributed by atoms with Gasteiger partial charge in [0, 0.05) is 13.2 Å². The molecule has 112 valence electrons. The molecule has 0 aliphatic heterocycles. The summed E-state index contributed by atoms with van der Waals surface area (Å²) in [6.45, 7) is 2.19. The van der Waals surface area contributed by atoms with E-state index in [4.69, 9.17) is 9.88 Å². The Bertz CT molecular complexity index is 598. The van der Waals surface area contributed by atoms with Crippen LogP contribution in [0.4, 0.5) is 0 Å². The molecule has 0 amide bonds. The van der Waals surface area contributed by atoms with Crippen LogP contribution in [-0.2, 0) is 21.8 Å². The van der Waals surface area contributed by atoms with E-state index in [2.05, 4.69) is 6.92 Å². The summed E-state index contributed by atoms with van der Waals surface area (Å²) >= 11 is 0. The number of esters is 1. The largest absolute Gasteiger partial charge is 0.458 e. The summed E-state index contributed by atoms with van der Waals surface area (Å²) < 4.78 is 29.4. The normalized spacial score (nSPS) is 23.6. The fourth-order valence-electron chi connectivity index (χ4n) is 2.45. The predicted octanol–water partition coefficient (Wildman–Crippen LogP) is 1.41. The maximum absolute atomic E-state index is 12.1. The van der Waals surface area contributed by atoms with Crippen LogP contribution in [0, 0.1) is 5.92 Å². The van der Waals surface area contributed by atoms with Gasteiger partial charge < -0.3 is 9.30 Å². The molecule has 1 fully saturated rings. The second-order valence-corrected chi connectivity index (χ2v) is 7.07. The number of aryl methyl sites for hydroxylation is 1. The number of primary sulfonamides is 1. The molecule has 0 atom stereocenters. The van der Waals surface area contributed by atoms with Gasteiger partial charge in [-0.05, 0) is 37.7 Å². The summed E-state index contributed by atoms with van der Waals surface area (Å²) in [6.07, 6.45) is 5.06. The first-order chi connectivity index (χ1) is 9.27. The van der Waals surface area contributed by atoms with Crippen molar-refractivity contribution in [2.45, 2.75) is 43.6 Å². The van der Waals surface area contributed by atoms with Gasteiger partial charge in [0.25, 0.3) is 0 Å². The van der Waals surface area contributed by atoms with Gasteiger partial charge in [-0.2, -0.15) is 0 Å². The fraction of sp³-hybridized carbons (Fsp3) is 0.615. The molecule has 1 aliphatic rings. The van der Waals surface area contributed by atoms with E-state index in [1.165, 1.54) is 16.8 Å². The van der Waals surface area contributed by atoms with E-state index in [1.54, 1.807) is 7.05 Å². The number of hydrogen-bond acceptors (Lipinski definition) is 4. The third-order valence-electron chi connectivity index (χ3n) is 3.75. The van der Waals surface area contributed by atoms with Gasteiger partial charge in [0.05, 0.1) is 0 Å². The zero-order chi connectivity index (χ0) is 14.9. The molecule has 0 bridgehead atoms. The molecule has 2 N–H and O–H groups in total. The van der Waals surface area contributed by atoms with E-state index in [1.807, 2.05) is 0 Å². The molecule has 1 saturated carbocycles. The van der Waals surface area contributed by atoms with Crippen molar-refractivity contribution in [2.24, 2.45) is 18.1 Å². The maximum Gasteiger partial charge on any atom is 0.355 e. The highest BCUT2D eigenvalue weighted by Gasteiger charge is 2.24. The van der Waals surface area contributed by atoms with Gasteiger partial charge in [-0.25, -0.2) is 18.4 Å². The molecule has 1 aromatic heterocycles. The lowest BCUT2D eigenvalue weighted by molar-refractivity contribution is 0.0163. The van der Waals surface area contributed by atoms with Crippen molar-refractivity contribution in [3.63, 3.8) is 0 Å². The fourth-order valence-corrected chi connectivity index (χ4v) is 3.03. The molecule has 1 heterocycles. The molecular weight excluding hydrogens is 280 g/mol. The minimum Gasteiger partial charge on any atom is -0.458 e. The number of nitrogens with zero attached hydrogens (tertiary/aromatic N) is 1. The van der Waals surface area contributed by atoms with Crippen LogP contribution < -0.4 is 5.14 Å². The molecule has 0 aromatic carbocycles. The Morgan fingerprint density at radius 3 is 2.45 bits per heavy atom. The van der Waals surface area contributed by atoms with E-state index in [9.17, 15) is 13.2 Å². The van der Waals surface area contributed by atoms with E-state index in [0.717, 1.165) is 25.7 Å². The van der Waals surface area contributed by atoms with Crippen molar-refractivity contribution >= 4 is 16.0 Å². The number of rotatable bonds is 3. The first-order valence-electron chi connectivity index (χ1n) is 6.67. The molecule has 2 rings (SSSR count). The number of hydrogen-bond donors (Lipinski definition) is 1. The Morgan fingerprint density at radius 1 is 1.35 bits per heavy atom. The Balaban J connectivity index is 2.08. The van der Waals surface area contributed by atoms with Crippen LogP contribution >= 0.6 is 0 Å². The van der Waals surface area contributed by atoms with E-state index >= 15 is 0 Å². The van der Waals surface area contributed by atoms with Crippen molar-refractivity contribution in [3.8, 4) is 0 Å². The van der Waals surface area contributed by atoms with Crippen molar-refractivity contribution in [2.75, 3.05) is 0 Å². The monoisotopic (exact) mass is 300 g/mol. The van der Waals surface area contributed by atoms with E-state index in [0.29, 0.717) is 5.92 Å². The van der Waals surface area contributed by atoms with Crippen molar-refractivity contribution in [1.82, 2.24) is 4.57 Å². The van der Waals surface area contributed by atoms with Crippen molar-refractivity contribution in [3.05, 3.63) is 18.0 Å². The Kier molecular flexibility index (Phi) is 4.19. The number of aromatic nitrogens is 1. The van der Waals surface area contributed by atoms with E-state index in [-0.39, 0.29) is 16.7 Å². The number of sulfonamides is 1. The third-order valence-corrected chi connectivity index (χ3v) is 4.63. The summed E-state index contributed by atoms with van der Waals surface area (Å²) in [7, 11) is -2.22. The van der Waals surface area contributed by atoms with Crippen LogP contribution in [0.5, 0.6) is 0 Å². The summed E-state index contributed by atoms with van der Waals surface area (Å²) in [5, 5.41) is 5.05. The van der Waals surface area contributed by atoms with Gasteiger partial charge in [-0.1, -0.05) is 6.92 Å². The van der Waals surface area contributed by atoms with Crippen LogP contribution in [0.2, 0.25) is 0 Å². The summed E-state index contributed by atoms with van der Waals surface area (Å²) in [5.41, 5.74) is 0.202. The number of carbonyl (C=O) groups is 1. The zero-order valence-corrected chi connectivity index (χ0v) is 12.5. The molecule has 20 heavy (non-hydrogen) atoms. The standard InChI is InChI=1S/C13H20N2O4S/c1-9-3-5-10(6-4-9)19-13(16)12-7-11(8-15(12)2)20(14,17)18/h7-10H,3-6H2,1-2H3,(H2,14,17,18). The van der Waals surface area contributed by atoms with Gasteiger partial charge in [-0.15, -0.1) is 0 Å². The molecule has 0 unspecified atom stereocenters. The molecule has 6 nitrogen and oxygen atoms in total. The lowest BCUT2D eigenvalue weighted by Gasteiger charge is -2.25. The van der Waals surface area contributed by atoms with Crippen LogP contribution in [0.15, 0.2) is 17.2 Å². The third kappa shape index (κ3) is 3.40. The second-order valence-electron chi connectivity index (χ2n) is 5.50. The van der Waals surface area contributed by atoms with Gasteiger partial charge in [0.15, 0.2) is 0 Å². The Morgan fingerprint density at radius 2 is 1.95 bits per heavy atom. The molecule has 1 aliphatic carbocycles. The first kappa shape index (κ1) is 15.1. The van der Waals surface area contributed by atoms with Gasteiger partial charge in [0.2, 0.25) is 10.0 Å². The number of ether oxygens (including phenoxy) is 1. The van der Waals surface area contributed by atoms with Crippen molar-refractivity contribution in [1.29, 1.82) is 0 Å². The quantitative estimate of drug-likeness (QED) is 0.854. The molecule has 0 spiro atoms. The lowest BCUT2D eigenvalue weighted by Crippen LogP contribution is -2.24. The average molecular weight is 300 g/mol. The minimum atomic E-state index is -3.81. The highest BCUT2D eigenvalue weighted by Crippen LogP contribution is 2.26. The van der Waals surface area contributed by atoms with Crippen LogP contribution in [0.25, 0.3) is 0 Å². The topological polar surface area (TPSA) is 91.4 Å². The first-order valence-corrected chi connectivity index (χ1v) is 8.22. The summed E-state index contributed by atoms with van der Waals surface area (Å²) in [5.74, 6) is 0.177. The molecule has 1 aromatic rings. The highest BCUT2D eigenvalue weighted by molar-refractivity contribution is 7.89. The lowest BCUT2D eigenvalue weighted by atomic mass is 9.89. The average Bonchev–Trinajstić information content (AvgIpc) is 2.74. The smallest absolute Gasteiger partial charge is 0.355 e. The minimum absolute atomic E-state index is 0.0773. The molecular formula is C13H20N2O4S. The molecule has 7 heteroatoms. The zero-order valence-electron chi connectivity index (χ0n) is 11.7. The maximum atomic E-state index is 12.1. The van der Waals surface area contributed by atoms with Crippen molar-refractivity contribution < 1.29 is 17.9 Å². The highest BCUT2D eigenvalue weighted by atomic mass is 32.2. The van der Waals surface area contributed by atoms with Crippen LogP contribution in [0.3, 0.4) is 0 Å². The number of carbonyl (C=O) groups excluding carboxylic acids is 1. The summed E-state index contributed by atoms with van der Waals surface area (Å²) in [6, 6.07) is 1.25. The predicted molar refractivity (Wildman–Crippen MR) is 73.6 cm³/mol. The van der Waals surface area contributed by atoms with Crippen LogP contribution in [-0.4, -0.2) is 25.1 Å². The van der Waals surface area contributed by atoms with Gasteiger partial charge in [-0.3, -0.25) is 0 Å². The molecule has 0 saturated heterocycles. The summed E-state index contributed by atoms with van der Waals surface area (Å²) in [4.78, 5) is 12.0. The molecule has 0 radical (unpaired) electrons. The van der Waals surface area contributed by atoms with E-state index < -0.39 is 16.0 Å². The van der Waals surface area contributed by atoms with Crippen LogP contribution in [0.1, 0.15) is 43.1 Å². The SMILES string of the molecule is CC1CCC(OC(=O)c2cc(S(N)(=O)=O)cn2C)CC1. The Hall–Kier alpha value is -1.34. The van der Waals surface area contributed by atoms with Gasteiger partial charge >= 0.3 is 5.97 Å². The second kappa shape index (κ2) is 5.57. The van der Waals surface area contributed by atoms with Gasteiger partial charge in [0.1, 0.15) is 16.7 Å². The Labute approximate surface area is 119 Å².